The van der Waals surface area contributed by atoms with Gasteiger partial charge in [0.2, 0.25) is 0 Å². The quantitative estimate of drug-likeness (QED) is 0.448. The number of fused-ring (bicyclic) bond motifs is 1. The van der Waals surface area contributed by atoms with E-state index in [9.17, 15) is 4.79 Å². The van der Waals surface area contributed by atoms with Crippen molar-refractivity contribution in [2.45, 2.75) is 46.3 Å². The standard InChI is InChI=1S/C26H28N4O2/c1-16-10-12-19(13-11-16)26(31)29-25-23(24-27-21-8-4-5-9-22(21)28-24)17(2)18(3)30(25)15-20-7-6-14-32-20/h4-5,8-13,20H,6-7,14-15H2,1-3H3,(H,27,28)(H,29,31). The number of hydrogen-bond donors (Lipinski definition) is 2. The summed E-state index contributed by atoms with van der Waals surface area (Å²) in [5, 5.41) is 3.20. The van der Waals surface area contributed by atoms with Crippen molar-refractivity contribution in [1.29, 1.82) is 0 Å². The number of carbonyl (C=O) groups is 1. The third kappa shape index (κ3) is 3.71. The lowest BCUT2D eigenvalue weighted by Crippen LogP contribution is -2.21. The molecule has 1 aliphatic heterocycles. The molecule has 1 fully saturated rings. The summed E-state index contributed by atoms with van der Waals surface area (Å²) < 4.78 is 8.10. The second kappa shape index (κ2) is 8.28. The van der Waals surface area contributed by atoms with Crippen LogP contribution in [0.2, 0.25) is 0 Å². The summed E-state index contributed by atoms with van der Waals surface area (Å²) in [4.78, 5) is 21.5. The SMILES string of the molecule is Cc1ccc(C(=O)Nc2c(-c3nc4ccccc4[nH]3)c(C)c(C)n2CC2CCCO2)cc1. The maximum atomic E-state index is 13.2. The van der Waals surface area contributed by atoms with E-state index in [4.69, 9.17) is 9.72 Å². The number of anilines is 1. The highest BCUT2D eigenvalue weighted by atomic mass is 16.5. The van der Waals surface area contributed by atoms with Crippen molar-refractivity contribution in [2.24, 2.45) is 0 Å². The van der Waals surface area contributed by atoms with Gasteiger partial charge in [-0.25, -0.2) is 4.98 Å². The minimum absolute atomic E-state index is 0.131. The number of para-hydroxylation sites is 2. The molecule has 1 atom stereocenters. The summed E-state index contributed by atoms with van der Waals surface area (Å²) in [6, 6.07) is 15.6. The fraction of sp³-hybridized carbons (Fsp3) is 0.308. The average molecular weight is 429 g/mol. The van der Waals surface area contributed by atoms with E-state index in [0.717, 1.165) is 64.5 Å². The second-order valence-corrected chi connectivity index (χ2v) is 8.60. The van der Waals surface area contributed by atoms with Gasteiger partial charge in [0.1, 0.15) is 11.6 Å². The molecule has 0 aliphatic carbocycles. The van der Waals surface area contributed by atoms with Crippen LogP contribution >= 0.6 is 0 Å². The van der Waals surface area contributed by atoms with E-state index in [0.29, 0.717) is 12.1 Å². The molecular weight excluding hydrogens is 400 g/mol. The number of amides is 1. The molecule has 1 saturated heterocycles. The Hall–Kier alpha value is -3.38. The fourth-order valence-electron chi connectivity index (χ4n) is 4.46. The van der Waals surface area contributed by atoms with Crippen LogP contribution in [-0.2, 0) is 11.3 Å². The predicted octanol–water partition coefficient (Wildman–Crippen LogP) is 5.39. The molecule has 6 nitrogen and oxygen atoms in total. The summed E-state index contributed by atoms with van der Waals surface area (Å²) in [5.74, 6) is 1.39. The van der Waals surface area contributed by atoms with Crippen LogP contribution in [0.5, 0.6) is 0 Å². The van der Waals surface area contributed by atoms with Crippen molar-refractivity contribution < 1.29 is 9.53 Å². The second-order valence-electron chi connectivity index (χ2n) is 8.60. The summed E-state index contributed by atoms with van der Waals surface area (Å²) in [6.07, 6.45) is 2.26. The zero-order chi connectivity index (χ0) is 22.2. The van der Waals surface area contributed by atoms with Gasteiger partial charge in [-0.1, -0.05) is 29.8 Å². The third-order valence-electron chi connectivity index (χ3n) is 6.41. The molecular formula is C26H28N4O2. The Balaban J connectivity index is 1.61. The Morgan fingerprint density at radius 2 is 1.94 bits per heavy atom. The van der Waals surface area contributed by atoms with E-state index in [1.54, 1.807) is 0 Å². The van der Waals surface area contributed by atoms with Gasteiger partial charge in [0.05, 0.1) is 29.2 Å². The van der Waals surface area contributed by atoms with E-state index < -0.39 is 0 Å². The number of aromatic amines is 1. The van der Waals surface area contributed by atoms with Gasteiger partial charge in [-0.2, -0.15) is 0 Å². The molecule has 32 heavy (non-hydrogen) atoms. The number of aromatic nitrogens is 3. The van der Waals surface area contributed by atoms with Crippen molar-refractivity contribution in [1.82, 2.24) is 14.5 Å². The van der Waals surface area contributed by atoms with E-state index in [2.05, 4.69) is 28.7 Å². The van der Waals surface area contributed by atoms with Crippen LogP contribution in [0, 0.1) is 20.8 Å². The molecule has 6 heteroatoms. The van der Waals surface area contributed by atoms with Crippen LogP contribution in [0.15, 0.2) is 48.5 Å². The van der Waals surface area contributed by atoms with Crippen molar-refractivity contribution in [3.63, 3.8) is 0 Å². The number of H-pyrrole nitrogens is 1. The Morgan fingerprint density at radius 1 is 1.16 bits per heavy atom. The largest absolute Gasteiger partial charge is 0.376 e. The predicted molar refractivity (Wildman–Crippen MR) is 127 cm³/mol. The lowest BCUT2D eigenvalue weighted by Gasteiger charge is -2.17. The smallest absolute Gasteiger partial charge is 0.256 e. The molecule has 0 spiro atoms. The summed E-state index contributed by atoms with van der Waals surface area (Å²) in [7, 11) is 0. The molecule has 5 rings (SSSR count). The van der Waals surface area contributed by atoms with Gasteiger partial charge in [-0.05, 0) is 63.4 Å². The van der Waals surface area contributed by atoms with Gasteiger partial charge >= 0.3 is 0 Å². The number of ether oxygens (including phenoxy) is 1. The average Bonchev–Trinajstić information content (AvgIpc) is 3.50. The molecule has 0 radical (unpaired) electrons. The molecule has 164 valence electrons. The lowest BCUT2D eigenvalue weighted by atomic mass is 10.1. The minimum atomic E-state index is -0.131. The number of rotatable bonds is 5. The normalized spacial score (nSPS) is 16.0. The fourth-order valence-corrected chi connectivity index (χ4v) is 4.46. The summed E-state index contributed by atoms with van der Waals surface area (Å²) in [5.41, 5.74) is 6.77. The van der Waals surface area contributed by atoms with Crippen molar-refractivity contribution in [2.75, 3.05) is 11.9 Å². The zero-order valence-corrected chi connectivity index (χ0v) is 18.7. The van der Waals surface area contributed by atoms with Gasteiger partial charge in [-0.3, -0.25) is 4.79 Å². The number of imidazole rings is 1. The lowest BCUT2D eigenvalue weighted by molar-refractivity contribution is 0.0962. The van der Waals surface area contributed by atoms with E-state index in [1.807, 2.05) is 55.5 Å². The van der Waals surface area contributed by atoms with Gasteiger partial charge in [-0.15, -0.1) is 0 Å². The van der Waals surface area contributed by atoms with Gasteiger partial charge in [0, 0.05) is 17.9 Å². The Labute approximate surface area is 187 Å². The molecule has 2 aromatic carbocycles. The van der Waals surface area contributed by atoms with Gasteiger partial charge < -0.3 is 19.6 Å². The molecule has 0 bridgehead atoms. The van der Waals surface area contributed by atoms with E-state index >= 15 is 0 Å². The molecule has 4 aromatic rings. The third-order valence-corrected chi connectivity index (χ3v) is 6.41. The first-order valence-electron chi connectivity index (χ1n) is 11.2. The molecule has 1 aliphatic rings. The highest BCUT2D eigenvalue weighted by Gasteiger charge is 2.26. The topological polar surface area (TPSA) is 71.9 Å². The van der Waals surface area contributed by atoms with Crippen LogP contribution in [0.25, 0.3) is 22.4 Å². The monoisotopic (exact) mass is 428 g/mol. The van der Waals surface area contributed by atoms with Crippen LogP contribution in [0.1, 0.15) is 40.0 Å². The van der Waals surface area contributed by atoms with Crippen LogP contribution in [-0.4, -0.2) is 33.2 Å². The van der Waals surface area contributed by atoms with Crippen molar-refractivity contribution in [3.05, 3.63) is 70.9 Å². The number of benzene rings is 2. The van der Waals surface area contributed by atoms with Crippen LogP contribution in [0.4, 0.5) is 5.82 Å². The van der Waals surface area contributed by atoms with E-state index in [-0.39, 0.29) is 12.0 Å². The highest BCUT2D eigenvalue weighted by molar-refractivity contribution is 6.06. The highest BCUT2D eigenvalue weighted by Crippen LogP contribution is 2.36. The number of aryl methyl sites for hydroxylation is 1. The molecule has 2 N–H and O–H groups in total. The van der Waals surface area contributed by atoms with E-state index in [1.165, 1.54) is 0 Å². The zero-order valence-electron chi connectivity index (χ0n) is 18.7. The maximum absolute atomic E-state index is 13.2. The first-order chi connectivity index (χ1) is 15.5. The molecule has 1 amide bonds. The summed E-state index contributed by atoms with van der Waals surface area (Å²) >= 11 is 0. The number of nitrogens with one attached hydrogen (secondary N) is 2. The Kier molecular flexibility index (Phi) is 5.31. The molecule has 2 aromatic heterocycles. The molecule has 3 heterocycles. The van der Waals surface area contributed by atoms with Gasteiger partial charge in [0.25, 0.3) is 5.91 Å². The minimum Gasteiger partial charge on any atom is -0.376 e. The maximum Gasteiger partial charge on any atom is 0.256 e. The van der Waals surface area contributed by atoms with Crippen LogP contribution in [0.3, 0.4) is 0 Å². The van der Waals surface area contributed by atoms with Crippen molar-refractivity contribution in [3.8, 4) is 11.4 Å². The molecule has 0 saturated carbocycles. The Bertz CT molecular complexity index is 1240. The first-order valence-corrected chi connectivity index (χ1v) is 11.2. The number of hydrogen-bond acceptors (Lipinski definition) is 3. The van der Waals surface area contributed by atoms with Crippen molar-refractivity contribution >= 4 is 22.8 Å². The Morgan fingerprint density at radius 3 is 2.66 bits per heavy atom. The number of nitrogens with zero attached hydrogens (tertiary/aromatic N) is 2. The number of carbonyl (C=O) groups excluding carboxylic acids is 1. The first kappa shape index (κ1) is 20.5. The van der Waals surface area contributed by atoms with Gasteiger partial charge in [0.15, 0.2) is 0 Å². The summed E-state index contributed by atoms with van der Waals surface area (Å²) in [6.45, 7) is 7.70. The molecule has 1 unspecified atom stereocenters. The van der Waals surface area contributed by atoms with Crippen LogP contribution < -0.4 is 5.32 Å².